The zero-order valence-corrected chi connectivity index (χ0v) is 23.8. The third-order valence-electron chi connectivity index (χ3n) is 6.71. The van der Waals surface area contributed by atoms with Crippen molar-refractivity contribution in [1.82, 2.24) is 20.1 Å². The summed E-state index contributed by atoms with van der Waals surface area (Å²) in [4.78, 5) is 32.6. The van der Waals surface area contributed by atoms with Crippen LogP contribution in [0.4, 0.5) is 10.2 Å². The van der Waals surface area contributed by atoms with Crippen LogP contribution in [-0.4, -0.2) is 38.9 Å². The van der Waals surface area contributed by atoms with E-state index in [1.807, 2.05) is 49.4 Å². The van der Waals surface area contributed by atoms with Gasteiger partial charge in [0.25, 0.3) is 0 Å². The number of hydrogen-bond acceptors (Lipinski definition) is 5. The van der Waals surface area contributed by atoms with E-state index in [0.29, 0.717) is 12.4 Å². The van der Waals surface area contributed by atoms with Gasteiger partial charge in [0, 0.05) is 29.9 Å². The number of pyridine rings is 1. The molecule has 7 nitrogen and oxygen atoms in total. The lowest BCUT2D eigenvalue weighted by molar-refractivity contribution is -0.123. The molecule has 5 rings (SSSR count). The van der Waals surface area contributed by atoms with Crippen LogP contribution in [0, 0.1) is 12.7 Å². The quantitative estimate of drug-likeness (QED) is 0.339. The Bertz CT molecular complexity index is 1550. The lowest BCUT2D eigenvalue weighted by Crippen LogP contribution is -2.42. The highest BCUT2D eigenvalue weighted by atomic mass is 32.2. The Labute approximate surface area is 237 Å². The van der Waals surface area contributed by atoms with Gasteiger partial charge < -0.3 is 5.32 Å². The van der Waals surface area contributed by atoms with Crippen molar-refractivity contribution in [3.63, 3.8) is 0 Å². The molecule has 1 aliphatic heterocycles. The minimum Gasteiger partial charge on any atom is -0.350 e. The van der Waals surface area contributed by atoms with E-state index in [4.69, 9.17) is 5.10 Å². The number of benzene rings is 2. The summed E-state index contributed by atoms with van der Waals surface area (Å²) in [5.74, 6) is -0.187. The predicted molar refractivity (Wildman–Crippen MR) is 156 cm³/mol. The Morgan fingerprint density at radius 2 is 1.93 bits per heavy atom. The van der Waals surface area contributed by atoms with Gasteiger partial charge in [-0.25, -0.2) is 9.07 Å². The van der Waals surface area contributed by atoms with E-state index >= 15 is 0 Å². The molecule has 206 valence electrons. The van der Waals surface area contributed by atoms with Crippen molar-refractivity contribution in [1.29, 1.82) is 0 Å². The van der Waals surface area contributed by atoms with E-state index in [-0.39, 0.29) is 35.2 Å². The molecule has 2 amide bonds. The summed E-state index contributed by atoms with van der Waals surface area (Å²) in [5, 5.41) is 7.63. The van der Waals surface area contributed by atoms with E-state index in [2.05, 4.69) is 31.1 Å². The van der Waals surface area contributed by atoms with Gasteiger partial charge in [0.2, 0.25) is 11.8 Å². The van der Waals surface area contributed by atoms with Crippen molar-refractivity contribution in [3.8, 4) is 5.69 Å². The second kappa shape index (κ2) is 11.3. The minimum absolute atomic E-state index is 0.128. The first-order chi connectivity index (χ1) is 19.1. The van der Waals surface area contributed by atoms with Gasteiger partial charge in [-0.1, -0.05) is 51.1 Å². The highest BCUT2D eigenvalue weighted by Crippen LogP contribution is 2.48. The van der Waals surface area contributed by atoms with Crippen LogP contribution in [0.25, 0.3) is 5.69 Å². The van der Waals surface area contributed by atoms with Gasteiger partial charge in [0.15, 0.2) is 0 Å². The number of halogens is 1. The molecule has 2 aromatic heterocycles. The molecule has 1 aliphatic rings. The van der Waals surface area contributed by atoms with E-state index < -0.39 is 5.41 Å². The van der Waals surface area contributed by atoms with Gasteiger partial charge in [0.1, 0.15) is 18.2 Å². The lowest BCUT2D eigenvalue weighted by atomic mass is 9.87. The lowest BCUT2D eigenvalue weighted by Gasteiger charge is -2.24. The normalized spacial score (nSPS) is 15.5. The Balaban J connectivity index is 1.66. The average molecular weight is 558 g/mol. The van der Waals surface area contributed by atoms with Crippen molar-refractivity contribution in [2.45, 2.75) is 44.9 Å². The number of aromatic nitrogens is 3. The van der Waals surface area contributed by atoms with Crippen LogP contribution in [0.15, 0.2) is 73.1 Å². The van der Waals surface area contributed by atoms with Crippen LogP contribution in [-0.2, 0) is 21.5 Å². The number of aryl methyl sites for hydroxylation is 1. The third-order valence-corrected chi connectivity index (χ3v) is 7.97. The Morgan fingerprint density at radius 3 is 2.62 bits per heavy atom. The number of hydrogen-bond donors (Lipinski definition) is 1. The monoisotopic (exact) mass is 557 g/mol. The van der Waals surface area contributed by atoms with Crippen LogP contribution in [0.5, 0.6) is 0 Å². The van der Waals surface area contributed by atoms with E-state index in [1.165, 1.54) is 28.8 Å². The molecular formula is C31H32FN5O2S. The number of amides is 2. The first-order valence-electron chi connectivity index (χ1n) is 13.2. The number of anilines is 1. The number of carbonyl (C=O) groups is 2. The minimum atomic E-state index is -0.396. The van der Waals surface area contributed by atoms with Crippen molar-refractivity contribution >= 4 is 29.4 Å². The molecule has 2 aromatic carbocycles. The van der Waals surface area contributed by atoms with Gasteiger partial charge in [0.05, 0.1) is 22.4 Å². The van der Waals surface area contributed by atoms with Crippen LogP contribution >= 0.6 is 11.8 Å². The second-order valence-corrected chi connectivity index (χ2v) is 12.0. The molecule has 0 bridgehead atoms. The SMILES string of the molecule is Cc1cccc(-n2nc(C(C)(C)C)c3c2N(CC(=O)NCc2cccnc2)C(=O)CSC3c2cccc(F)c2)c1. The molecule has 0 aliphatic carbocycles. The fraction of sp³-hybridized carbons (Fsp3) is 0.290. The maximum atomic E-state index is 14.4. The summed E-state index contributed by atoms with van der Waals surface area (Å²) in [6, 6.07) is 18.1. The van der Waals surface area contributed by atoms with Gasteiger partial charge in [-0.3, -0.25) is 19.5 Å². The van der Waals surface area contributed by atoms with Gasteiger partial charge in [-0.15, -0.1) is 11.8 Å². The molecule has 1 unspecified atom stereocenters. The Morgan fingerprint density at radius 1 is 1.12 bits per heavy atom. The number of nitrogens with one attached hydrogen (secondary N) is 1. The summed E-state index contributed by atoms with van der Waals surface area (Å²) >= 11 is 1.43. The summed E-state index contributed by atoms with van der Waals surface area (Å²) in [6.07, 6.45) is 3.37. The van der Waals surface area contributed by atoms with E-state index in [0.717, 1.165) is 33.6 Å². The smallest absolute Gasteiger partial charge is 0.240 e. The van der Waals surface area contributed by atoms with Crippen LogP contribution in [0.2, 0.25) is 0 Å². The summed E-state index contributed by atoms with van der Waals surface area (Å²) in [6.45, 7) is 8.33. The molecular weight excluding hydrogens is 525 g/mol. The molecule has 1 N–H and O–H groups in total. The van der Waals surface area contributed by atoms with Crippen LogP contribution in [0.1, 0.15) is 54.0 Å². The third kappa shape index (κ3) is 5.79. The number of nitrogens with zero attached hydrogens (tertiary/aromatic N) is 4. The van der Waals surface area contributed by atoms with Crippen LogP contribution < -0.4 is 10.2 Å². The summed E-state index contributed by atoms with van der Waals surface area (Å²) in [5.41, 5.74) is 4.64. The maximum Gasteiger partial charge on any atom is 0.240 e. The highest BCUT2D eigenvalue weighted by molar-refractivity contribution is 8.00. The van der Waals surface area contributed by atoms with Crippen molar-refractivity contribution in [3.05, 3.63) is 107 Å². The number of carbonyl (C=O) groups excluding carboxylic acids is 2. The van der Waals surface area contributed by atoms with Gasteiger partial charge in [-0.05, 0) is 53.9 Å². The standard InChI is InChI=1S/C31H32FN5O2S/c1-20-8-5-12-24(14-20)37-30-27(29(35-37)31(2,3)4)28(22-10-6-11-23(32)15-22)40-19-26(39)36(30)18-25(38)34-17-21-9-7-13-33-16-21/h5-16,28H,17-19H2,1-4H3,(H,34,38). The largest absolute Gasteiger partial charge is 0.350 e. The van der Waals surface area contributed by atoms with Gasteiger partial charge in [-0.2, -0.15) is 5.10 Å². The highest BCUT2D eigenvalue weighted by Gasteiger charge is 2.40. The molecule has 1 atom stereocenters. The predicted octanol–water partition coefficient (Wildman–Crippen LogP) is 5.50. The molecule has 9 heteroatoms. The van der Waals surface area contributed by atoms with Crippen molar-refractivity contribution < 1.29 is 14.0 Å². The summed E-state index contributed by atoms with van der Waals surface area (Å²) < 4.78 is 16.2. The maximum absolute atomic E-state index is 14.4. The van der Waals surface area contributed by atoms with Gasteiger partial charge >= 0.3 is 0 Å². The first-order valence-corrected chi connectivity index (χ1v) is 14.2. The van der Waals surface area contributed by atoms with Crippen LogP contribution in [0.3, 0.4) is 0 Å². The topological polar surface area (TPSA) is 80.1 Å². The van der Waals surface area contributed by atoms with E-state index in [9.17, 15) is 14.0 Å². The Hall–Kier alpha value is -3.98. The number of fused-ring (bicyclic) bond motifs is 1. The fourth-order valence-corrected chi connectivity index (χ4v) is 6.04. The number of rotatable bonds is 6. The number of thioether (sulfide) groups is 1. The summed E-state index contributed by atoms with van der Waals surface area (Å²) in [7, 11) is 0. The molecule has 0 radical (unpaired) electrons. The first kappa shape index (κ1) is 27.6. The van der Waals surface area contributed by atoms with Crippen molar-refractivity contribution in [2.24, 2.45) is 0 Å². The second-order valence-electron chi connectivity index (χ2n) is 11.0. The average Bonchev–Trinajstić information content (AvgIpc) is 3.26. The fourth-order valence-electron chi connectivity index (χ4n) is 4.85. The molecule has 3 heterocycles. The molecule has 0 spiro atoms. The van der Waals surface area contributed by atoms with Crippen molar-refractivity contribution in [2.75, 3.05) is 17.2 Å². The molecule has 40 heavy (non-hydrogen) atoms. The Kier molecular flexibility index (Phi) is 7.76. The van der Waals surface area contributed by atoms with E-state index in [1.54, 1.807) is 23.1 Å². The molecule has 0 saturated heterocycles. The zero-order valence-electron chi connectivity index (χ0n) is 23.0. The molecule has 4 aromatic rings. The molecule has 0 fully saturated rings. The molecule has 0 saturated carbocycles. The zero-order chi connectivity index (χ0) is 28.4.